The second-order valence-corrected chi connectivity index (χ2v) is 5.61. The van der Waals surface area contributed by atoms with Gasteiger partial charge in [-0.1, -0.05) is 12.1 Å². The smallest absolute Gasteiger partial charge is 0.224 e. The van der Waals surface area contributed by atoms with Crippen molar-refractivity contribution in [3.8, 4) is 5.75 Å². The molecule has 2 rings (SSSR count). The van der Waals surface area contributed by atoms with Crippen molar-refractivity contribution >= 4 is 11.6 Å². The van der Waals surface area contributed by atoms with Crippen molar-refractivity contribution in [3.63, 3.8) is 0 Å². The van der Waals surface area contributed by atoms with Gasteiger partial charge in [-0.15, -0.1) is 0 Å². The van der Waals surface area contributed by atoms with Gasteiger partial charge in [-0.25, -0.2) is 0 Å². The van der Waals surface area contributed by atoms with Crippen molar-refractivity contribution < 1.29 is 9.53 Å². The summed E-state index contributed by atoms with van der Waals surface area (Å²) in [4.78, 5) is 12.0. The zero-order chi connectivity index (χ0) is 14.4. The molecule has 20 heavy (non-hydrogen) atoms. The minimum absolute atomic E-state index is 0.0664. The van der Waals surface area contributed by atoms with Crippen LogP contribution in [0, 0.1) is 5.92 Å². The second kappa shape index (κ2) is 7.29. The van der Waals surface area contributed by atoms with Crippen molar-refractivity contribution in [2.45, 2.75) is 39.2 Å². The molecule has 0 radical (unpaired) electrons. The molecule has 1 saturated heterocycles. The van der Waals surface area contributed by atoms with Crippen LogP contribution >= 0.6 is 0 Å². The molecule has 1 fully saturated rings. The van der Waals surface area contributed by atoms with Crippen LogP contribution in [-0.4, -0.2) is 25.1 Å². The maximum atomic E-state index is 12.0. The molecule has 0 saturated carbocycles. The molecule has 1 unspecified atom stereocenters. The summed E-state index contributed by atoms with van der Waals surface area (Å²) in [7, 11) is 0. The molecule has 0 aliphatic carbocycles. The van der Waals surface area contributed by atoms with Crippen LogP contribution in [-0.2, 0) is 4.79 Å². The van der Waals surface area contributed by atoms with E-state index in [-0.39, 0.29) is 12.0 Å². The summed E-state index contributed by atoms with van der Waals surface area (Å²) >= 11 is 0. The van der Waals surface area contributed by atoms with Gasteiger partial charge < -0.3 is 15.4 Å². The van der Waals surface area contributed by atoms with Crippen LogP contribution in [0.4, 0.5) is 5.69 Å². The first-order valence-corrected chi connectivity index (χ1v) is 7.41. The van der Waals surface area contributed by atoms with Gasteiger partial charge in [0, 0.05) is 6.42 Å². The third-order valence-corrected chi connectivity index (χ3v) is 3.47. The average molecular weight is 276 g/mol. The molecule has 2 N–H and O–H groups in total. The summed E-state index contributed by atoms with van der Waals surface area (Å²) in [6.07, 6.45) is 2.80. The monoisotopic (exact) mass is 276 g/mol. The van der Waals surface area contributed by atoms with E-state index in [1.807, 2.05) is 38.1 Å². The van der Waals surface area contributed by atoms with Crippen LogP contribution < -0.4 is 15.4 Å². The fourth-order valence-electron chi connectivity index (χ4n) is 2.44. The molecule has 0 bridgehead atoms. The normalized spacial score (nSPS) is 18.2. The Hall–Kier alpha value is -1.55. The lowest BCUT2D eigenvalue weighted by Gasteiger charge is -2.15. The van der Waals surface area contributed by atoms with Crippen molar-refractivity contribution in [2.75, 3.05) is 18.4 Å². The van der Waals surface area contributed by atoms with Gasteiger partial charge in [0.25, 0.3) is 0 Å². The molecule has 1 aliphatic heterocycles. The van der Waals surface area contributed by atoms with E-state index in [0.717, 1.165) is 30.9 Å². The Bertz CT molecular complexity index is 440. The Morgan fingerprint density at radius 3 is 2.95 bits per heavy atom. The molecule has 1 aromatic rings. The molecule has 110 valence electrons. The quantitative estimate of drug-likeness (QED) is 0.840. The lowest BCUT2D eigenvalue weighted by Crippen LogP contribution is -2.16. The zero-order valence-corrected chi connectivity index (χ0v) is 12.3. The fourth-order valence-corrected chi connectivity index (χ4v) is 2.44. The van der Waals surface area contributed by atoms with Gasteiger partial charge in [-0.3, -0.25) is 4.79 Å². The number of para-hydroxylation sites is 2. The summed E-state index contributed by atoms with van der Waals surface area (Å²) < 4.78 is 5.70. The van der Waals surface area contributed by atoms with Gasteiger partial charge >= 0.3 is 0 Å². The number of carbonyl (C=O) groups is 1. The van der Waals surface area contributed by atoms with Crippen LogP contribution in [0.15, 0.2) is 24.3 Å². The van der Waals surface area contributed by atoms with Crippen molar-refractivity contribution in [1.82, 2.24) is 5.32 Å². The number of amides is 1. The van der Waals surface area contributed by atoms with E-state index in [1.165, 1.54) is 6.42 Å². The Balaban J connectivity index is 1.86. The Kier molecular flexibility index (Phi) is 5.41. The Morgan fingerprint density at radius 1 is 1.45 bits per heavy atom. The number of ether oxygens (including phenoxy) is 1. The van der Waals surface area contributed by atoms with E-state index in [4.69, 9.17) is 4.74 Å². The number of hydrogen-bond acceptors (Lipinski definition) is 3. The lowest BCUT2D eigenvalue weighted by molar-refractivity contribution is -0.116. The highest BCUT2D eigenvalue weighted by molar-refractivity contribution is 5.92. The number of hydrogen-bond donors (Lipinski definition) is 2. The van der Waals surface area contributed by atoms with Crippen molar-refractivity contribution in [1.29, 1.82) is 0 Å². The van der Waals surface area contributed by atoms with E-state index >= 15 is 0 Å². The highest BCUT2D eigenvalue weighted by Gasteiger charge is 2.16. The first-order valence-electron chi connectivity index (χ1n) is 7.41. The molecular weight excluding hydrogens is 252 g/mol. The lowest BCUT2D eigenvalue weighted by atomic mass is 10.0. The Morgan fingerprint density at radius 2 is 2.25 bits per heavy atom. The van der Waals surface area contributed by atoms with Crippen molar-refractivity contribution in [3.05, 3.63) is 24.3 Å². The number of benzene rings is 1. The van der Waals surface area contributed by atoms with Crippen LogP contribution in [0.2, 0.25) is 0 Å². The SMILES string of the molecule is CC(C)Oc1ccccc1NC(=O)CCC1CCNC1. The molecule has 4 nitrogen and oxygen atoms in total. The third-order valence-electron chi connectivity index (χ3n) is 3.47. The van der Waals surface area contributed by atoms with E-state index < -0.39 is 0 Å². The number of carbonyl (C=O) groups excluding carboxylic acids is 1. The van der Waals surface area contributed by atoms with Gasteiger partial charge in [0.15, 0.2) is 0 Å². The summed E-state index contributed by atoms with van der Waals surface area (Å²) in [5.41, 5.74) is 0.760. The number of anilines is 1. The van der Waals surface area contributed by atoms with Gasteiger partial charge in [-0.2, -0.15) is 0 Å². The maximum absolute atomic E-state index is 12.0. The minimum atomic E-state index is 0.0664. The van der Waals surface area contributed by atoms with Gasteiger partial charge in [0.05, 0.1) is 11.8 Å². The fraction of sp³-hybridized carbons (Fsp3) is 0.562. The molecule has 0 aromatic heterocycles. The van der Waals surface area contributed by atoms with Gasteiger partial charge in [0.1, 0.15) is 5.75 Å². The second-order valence-electron chi connectivity index (χ2n) is 5.61. The first kappa shape index (κ1) is 14.9. The van der Waals surface area contributed by atoms with Crippen LogP contribution in [0.3, 0.4) is 0 Å². The summed E-state index contributed by atoms with van der Waals surface area (Å²) in [5, 5.41) is 6.28. The van der Waals surface area contributed by atoms with E-state index in [1.54, 1.807) is 0 Å². The topological polar surface area (TPSA) is 50.4 Å². The molecule has 1 aromatic carbocycles. The molecule has 1 amide bonds. The molecule has 1 atom stereocenters. The standard InChI is InChI=1S/C16H24N2O2/c1-12(2)20-15-6-4-3-5-14(15)18-16(19)8-7-13-9-10-17-11-13/h3-6,12-13,17H,7-11H2,1-2H3,(H,18,19). The molecular formula is C16H24N2O2. The number of rotatable bonds is 6. The maximum Gasteiger partial charge on any atom is 0.224 e. The van der Waals surface area contributed by atoms with E-state index in [9.17, 15) is 4.79 Å². The summed E-state index contributed by atoms with van der Waals surface area (Å²) in [6, 6.07) is 7.59. The minimum Gasteiger partial charge on any atom is -0.489 e. The molecule has 4 heteroatoms. The average Bonchev–Trinajstić information content (AvgIpc) is 2.91. The summed E-state index contributed by atoms with van der Waals surface area (Å²) in [6.45, 7) is 6.08. The predicted molar refractivity (Wildman–Crippen MR) is 81.0 cm³/mol. The third kappa shape index (κ3) is 4.53. The van der Waals surface area contributed by atoms with Crippen LogP contribution in [0.25, 0.3) is 0 Å². The summed E-state index contributed by atoms with van der Waals surface area (Å²) in [5.74, 6) is 1.44. The Labute approximate surface area is 120 Å². The predicted octanol–water partition coefficient (Wildman–Crippen LogP) is 2.80. The first-order chi connectivity index (χ1) is 9.65. The van der Waals surface area contributed by atoms with Crippen molar-refractivity contribution in [2.24, 2.45) is 5.92 Å². The van der Waals surface area contributed by atoms with E-state index in [0.29, 0.717) is 12.3 Å². The largest absolute Gasteiger partial charge is 0.489 e. The molecule has 0 spiro atoms. The zero-order valence-electron chi connectivity index (χ0n) is 12.3. The highest BCUT2D eigenvalue weighted by atomic mass is 16.5. The van der Waals surface area contributed by atoms with Crippen LogP contribution in [0.5, 0.6) is 5.75 Å². The number of nitrogens with one attached hydrogen (secondary N) is 2. The van der Waals surface area contributed by atoms with E-state index in [2.05, 4.69) is 10.6 Å². The van der Waals surface area contributed by atoms with Gasteiger partial charge in [0.2, 0.25) is 5.91 Å². The molecule has 1 heterocycles. The highest BCUT2D eigenvalue weighted by Crippen LogP contribution is 2.25. The molecule has 1 aliphatic rings. The van der Waals surface area contributed by atoms with Crippen LogP contribution in [0.1, 0.15) is 33.1 Å². The van der Waals surface area contributed by atoms with Gasteiger partial charge in [-0.05, 0) is 57.8 Å².